The zero-order valence-corrected chi connectivity index (χ0v) is 14.9. The lowest BCUT2D eigenvalue weighted by Crippen LogP contribution is -2.43. The van der Waals surface area contributed by atoms with Crippen LogP contribution in [0.2, 0.25) is 0 Å². The van der Waals surface area contributed by atoms with Gasteiger partial charge in [-0.2, -0.15) is 0 Å². The molecule has 0 spiro atoms. The Morgan fingerprint density at radius 1 is 1.25 bits per heavy atom. The molecule has 24 heavy (non-hydrogen) atoms. The minimum atomic E-state index is 0.152. The van der Waals surface area contributed by atoms with Crippen LogP contribution in [0.1, 0.15) is 29.3 Å². The van der Waals surface area contributed by atoms with Gasteiger partial charge >= 0.3 is 0 Å². The van der Waals surface area contributed by atoms with Gasteiger partial charge in [-0.15, -0.1) is 0 Å². The largest absolute Gasteiger partial charge is 0.336 e. The summed E-state index contributed by atoms with van der Waals surface area (Å²) in [5, 5.41) is 0. The van der Waals surface area contributed by atoms with E-state index in [1.165, 1.54) is 5.56 Å². The molecule has 2 unspecified atom stereocenters. The van der Waals surface area contributed by atoms with Crippen molar-refractivity contribution in [3.05, 3.63) is 35.4 Å². The fraction of sp³-hybridized carbons (Fsp3) is 0.632. The lowest BCUT2D eigenvalue weighted by Gasteiger charge is -2.32. The van der Waals surface area contributed by atoms with E-state index in [0.717, 1.165) is 51.3 Å². The van der Waals surface area contributed by atoms with Gasteiger partial charge in [-0.05, 0) is 50.6 Å². The summed E-state index contributed by atoms with van der Waals surface area (Å²) in [5.41, 5.74) is 7.83. The number of rotatable bonds is 4. The molecule has 2 aliphatic heterocycles. The third kappa shape index (κ3) is 3.97. The van der Waals surface area contributed by atoms with Gasteiger partial charge in [0.05, 0.1) is 0 Å². The summed E-state index contributed by atoms with van der Waals surface area (Å²) in [4.78, 5) is 19.7. The van der Waals surface area contributed by atoms with E-state index in [0.29, 0.717) is 12.5 Å². The maximum absolute atomic E-state index is 12.9. The van der Waals surface area contributed by atoms with Crippen molar-refractivity contribution in [2.24, 2.45) is 11.7 Å². The Morgan fingerprint density at radius 2 is 2.00 bits per heavy atom. The van der Waals surface area contributed by atoms with Gasteiger partial charge in [0.15, 0.2) is 0 Å². The molecule has 5 nitrogen and oxygen atoms in total. The predicted molar refractivity (Wildman–Crippen MR) is 96.9 cm³/mol. The molecule has 0 aromatic heterocycles. The van der Waals surface area contributed by atoms with Gasteiger partial charge in [0.25, 0.3) is 5.91 Å². The lowest BCUT2D eigenvalue weighted by molar-refractivity contribution is 0.0743. The molecule has 1 aromatic rings. The molecule has 0 saturated carbocycles. The maximum Gasteiger partial charge on any atom is 0.254 e. The van der Waals surface area contributed by atoms with Crippen LogP contribution in [0.15, 0.2) is 24.3 Å². The van der Waals surface area contributed by atoms with Crippen molar-refractivity contribution < 1.29 is 4.79 Å². The Morgan fingerprint density at radius 3 is 2.67 bits per heavy atom. The fourth-order valence-electron chi connectivity index (χ4n) is 3.83. The highest BCUT2D eigenvalue weighted by Gasteiger charge is 2.32. The quantitative estimate of drug-likeness (QED) is 0.903. The van der Waals surface area contributed by atoms with Crippen LogP contribution in [-0.4, -0.2) is 73.0 Å². The van der Waals surface area contributed by atoms with Crippen molar-refractivity contribution in [1.82, 2.24) is 14.7 Å². The van der Waals surface area contributed by atoms with Crippen LogP contribution in [0.3, 0.4) is 0 Å². The zero-order valence-electron chi connectivity index (χ0n) is 14.9. The van der Waals surface area contributed by atoms with Crippen molar-refractivity contribution in [1.29, 1.82) is 0 Å². The highest BCUT2D eigenvalue weighted by atomic mass is 16.2. The monoisotopic (exact) mass is 330 g/mol. The van der Waals surface area contributed by atoms with Gasteiger partial charge in [0.2, 0.25) is 0 Å². The summed E-state index contributed by atoms with van der Waals surface area (Å²) in [6.45, 7) is 8.93. The SMILES string of the molecule is CC1CC(CN)CN1C(=O)c1cccc(CN2CCN(C)CC2)c1. The first kappa shape index (κ1) is 17.4. The minimum Gasteiger partial charge on any atom is -0.336 e. The summed E-state index contributed by atoms with van der Waals surface area (Å²) in [6, 6.07) is 8.44. The number of benzene rings is 1. The molecule has 2 heterocycles. The molecule has 2 saturated heterocycles. The van der Waals surface area contributed by atoms with Crippen molar-refractivity contribution in [3.8, 4) is 0 Å². The molecule has 2 aliphatic rings. The smallest absolute Gasteiger partial charge is 0.254 e. The van der Waals surface area contributed by atoms with E-state index in [1.54, 1.807) is 0 Å². The highest BCUT2D eigenvalue weighted by molar-refractivity contribution is 5.94. The molecule has 132 valence electrons. The molecule has 5 heteroatoms. The summed E-state index contributed by atoms with van der Waals surface area (Å²) in [7, 11) is 2.17. The molecule has 0 radical (unpaired) electrons. The second-order valence-corrected chi connectivity index (χ2v) is 7.42. The Hall–Kier alpha value is -1.43. The number of likely N-dealkylation sites (tertiary alicyclic amines) is 1. The van der Waals surface area contributed by atoms with E-state index >= 15 is 0 Å². The number of carbonyl (C=O) groups is 1. The van der Waals surface area contributed by atoms with Crippen LogP contribution in [-0.2, 0) is 6.54 Å². The summed E-state index contributed by atoms with van der Waals surface area (Å²) in [6.07, 6.45) is 1.02. The van der Waals surface area contributed by atoms with Crippen LogP contribution >= 0.6 is 0 Å². The Kier molecular flexibility index (Phi) is 5.54. The van der Waals surface area contributed by atoms with E-state index < -0.39 is 0 Å². The third-order valence-electron chi connectivity index (χ3n) is 5.43. The molecule has 2 N–H and O–H groups in total. The van der Waals surface area contributed by atoms with Gasteiger partial charge in [0, 0.05) is 50.9 Å². The maximum atomic E-state index is 12.9. The number of nitrogens with two attached hydrogens (primary N) is 1. The third-order valence-corrected chi connectivity index (χ3v) is 5.43. The van der Waals surface area contributed by atoms with Crippen LogP contribution in [0.5, 0.6) is 0 Å². The molecule has 0 aliphatic carbocycles. The number of hydrogen-bond acceptors (Lipinski definition) is 4. The molecule has 2 fully saturated rings. The number of nitrogens with zero attached hydrogens (tertiary/aromatic N) is 3. The second-order valence-electron chi connectivity index (χ2n) is 7.42. The van der Waals surface area contributed by atoms with E-state index in [9.17, 15) is 4.79 Å². The summed E-state index contributed by atoms with van der Waals surface area (Å²) < 4.78 is 0. The van der Waals surface area contributed by atoms with Crippen molar-refractivity contribution >= 4 is 5.91 Å². The van der Waals surface area contributed by atoms with Gasteiger partial charge < -0.3 is 15.5 Å². The second kappa shape index (κ2) is 7.64. The molecule has 1 amide bonds. The molecule has 3 rings (SSSR count). The molecular weight excluding hydrogens is 300 g/mol. The zero-order chi connectivity index (χ0) is 17.1. The Labute approximate surface area is 145 Å². The normalized spacial score (nSPS) is 26.0. The standard InChI is InChI=1S/C19H30N4O/c1-15-10-17(12-20)14-23(15)19(24)18-5-3-4-16(11-18)13-22-8-6-21(2)7-9-22/h3-5,11,15,17H,6-10,12-14,20H2,1-2H3. The number of likely N-dealkylation sites (N-methyl/N-ethyl adjacent to an activating group) is 1. The highest BCUT2D eigenvalue weighted by Crippen LogP contribution is 2.24. The van der Waals surface area contributed by atoms with Crippen molar-refractivity contribution in [3.63, 3.8) is 0 Å². The minimum absolute atomic E-state index is 0.152. The lowest BCUT2D eigenvalue weighted by atomic mass is 10.1. The van der Waals surface area contributed by atoms with Crippen molar-refractivity contribution in [2.45, 2.75) is 25.9 Å². The van der Waals surface area contributed by atoms with Gasteiger partial charge in [-0.3, -0.25) is 9.69 Å². The topological polar surface area (TPSA) is 52.8 Å². The summed E-state index contributed by atoms with van der Waals surface area (Å²) in [5.74, 6) is 0.594. The van der Waals surface area contributed by atoms with Crippen molar-refractivity contribution in [2.75, 3.05) is 46.3 Å². The fourth-order valence-corrected chi connectivity index (χ4v) is 3.83. The first-order valence-electron chi connectivity index (χ1n) is 9.07. The van der Waals surface area contributed by atoms with Crippen LogP contribution in [0.25, 0.3) is 0 Å². The summed E-state index contributed by atoms with van der Waals surface area (Å²) >= 11 is 0. The van der Waals surface area contributed by atoms with Gasteiger partial charge in [-0.25, -0.2) is 0 Å². The first-order chi connectivity index (χ1) is 11.6. The van der Waals surface area contributed by atoms with E-state index in [4.69, 9.17) is 5.73 Å². The Bertz CT molecular complexity index is 568. The van der Waals surface area contributed by atoms with Crippen LogP contribution in [0, 0.1) is 5.92 Å². The molecule has 0 bridgehead atoms. The number of amides is 1. The average Bonchev–Trinajstić information content (AvgIpc) is 2.97. The Balaban J connectivity index is 1.65. The predicted octanol–water partition coefficient (Wildman–Crippen LogP) is 1.24. The van der Waals surface area contributed by atoms with E-state index in [1.807, 2.05) is 17.0 Å². The van der Waals surface area contributed by atoms with E-state index in [-0.39, 0.29) is 11.9 Å². The number of piperazine rings is 1. The average molecular weight is 330 g/mol. The molecule has 2 atom stereocenters. The number of hydrogen-bond donors (Lipinski definition) is 1. The molecule has 1 aromatic carbocycles. The van der Waals surface area contributed by atoms with Crippen LogP contribution < -0.4 is 5.73 Å². The van der Waals surface area contributed by atoms with Crippen LogP contribution in [0.4, 0.5) is 0 Å². The van der Waals surface area contributed by atoms with Gasteiger partial charge in [0.1, 0.15) is 0 Å². The van der Waals surface area contributed by atoms with E-state index in [2.05, 4.69) is 35.9 Å². The van der Waals surface area contributed by atoms with Gasteiger partial charge in [-0.1, -0.05) is 12.1 Å². The molecular formula is C19H30N4O. The first-order valence-corrected chi connectivity index (χ1v) is 9.07. The number of carbonyl (C=O) groups excluding carboxylic acids is 1.